The Morgan fingerprint density at radius 1 is 1.08 bits per heavy atom. The average molecular weight is 486 g/mol. The molecule has 4 rings (SSSR count). The predicted octanol–water partition coefficient (Wildman–Crippen LogP) is 4.98. The van der Waals surface area contributed by atoms with Gasteiger partial charge in [0.05, 0.1) is 13.3 Å². The number of benzene rings is 3. The van der Waals surface area contributed by atoms with Gasteiger partial charge in [-0.25, -0.2) is 0 Å². The van der Waals surface area contributed by atoms with Gasteiger partial charge in [-0.15, -0.1) is 0 Å². The van der Waals surface area contributed by atoms with Crippen molar-refractivity contribution < 1.29 is 19.2 Å². The van der Waals surface area contributed by atoms with Crippen LogP contribution in [0.1, 0.15) is 58.7 Å². The second kappa shape index (κ2) is 11.5. The van der Waals surface area contributed by atoms with Gasteiger partial charge in [0.15, 0.2) is 5.71 Å². The van der Waals surface area contributed by atoms with Gasteiger partial charge in [-0.1, -0.05) is 64.9 Å². The van der Waals surface area contributed by atoms with Gasteiger partial charge < -0.3 is 19.7 Å². The monoisotopic (exact) mass is 485 g/mol. The molecular formula is C29H31N3O4. The molecule has 1 N–H and O–H groups in total. The van der Waals surface area contributed by atoms with Crippen molar-refractivity contribution in [2.24, 2.45) is 10.3 Å². The Kier molecular flexibility index (Phi) is 8.00. The van der Waals surface area contributed by atoms with Crippen molar-refractivity contribution in [3.63, 3.8) is 0 Å². The lowest BCUT2D eigenvalue weighted by molar-refractivity contribution is -0.114. The lowest BCUT2D eigenvalue weighted by atomic mass is 9.92. The van der Waals surface area contributed by atoms with Gasteiger partial charge in [0.2, 0.25) is 0 Å². The quantitative estimate of drug-likeness (QED) is 0.342. The minimum atomic E-state index is -0.351. The number of amides is 1. The SMILES string of the molecule is CNC(=O)C(=NOC)c1ccccc1C=NOC(C)c1ccc(C2CCc3cc(OC)ccc32)cc1. The molecule has 0 spiro atoms. The van der Waals surface area contributed by atoms with E-state index in [1.54, 1.807) is 26.4 Å². The number of carbonyl (C=O) groups is 1. The molecule has 0 aromatic heterocycles. The van der Waals surface area contributed by atoms with Crippen LogP contribution in [0.2, 0.25) is 0 Å². The van der Waals surface area contributed by atoms with E-state index in [-0.39, 0.29) is 17.7 Å². The highest BCUT2D eigenvalue weighted by Crippen LogP contribution is 2.39. The molecule has 0 saturated carbocycles. The van der Waals surface area contributed by atoms with Gasteiger partial charge >= 0.3 is 0 Å². The van der Waals surface area contributed by atoms with E-state index < -0.39 is 0 Å². The van der Waals surface area contributed by atoms with Gasteiger partial charge in [-0.05, 0) is 54.2 Å². The van der Waals surface area contributed by atoms with E-state index in [4.69, 9.17) is 14.4 Å². The number of ether oxygens (including phenoxy) is 1. The van der Waals surface area contributed by atoms with Crippen LogP contribution in [0.3, 0.4) is 0 Å². The number of fused-ring (bicyclic) bond motifs is 1. The molecule has 0 heterocycles. The fourth-order valence-electron chi connectivity index (χ4n) is 4.55. The number of aryl methyl sites for hydroxylation is 1. The number of nitrogens with zero attached hydrogens (tertiary/aromatic N) is 2. The molecule has 0 aliphatic heterocycles. The van der Waals surface area contributed by atoms with E-state index in [2.05, 4.69) is 52.0 Å². The van der Waals surface area contributed by atoms with E-state index in [0.717, 1.165) is 24.2 Å². The van der Waals surface area contributed by atoms with E-state index >= 15 is 0 Å². The largest absolute Gasteiger partial charge is 0.497 e. The molecule has 0 radical (unpaired) electrons. The number of oxime groups is 2. The van der Waals surface area contributed by atoms with Crippen LogP contribution in [0.15, 0.2) is 77.0 Å². The Morgan fingerprint density at radius 2 is 1.86 bits per heavy atom. The molecule has 1 aliphatic rings. The molecule has 36 heavy (non-hydrogen) atoms. The fourth-order valence-corrected chi connectivity index (χ4v) is 4.55. The van der Waals surface area contributed by atoms with Gasteiger partial charge in [0.1, 0.15) is 19.0 Å². The Hall–Kier alpha value is -4.13. The predicted molar refractivity (Wildman–Crippen MR) is 141 cm³/mol. The van der Waals surface area contributed by atoms with Gasteiger partial charge in [-0.2, -0.15) is 0 Å². The average Bonchev–Trinajstić information content (AvgIpc) is 3.35. The first-order chi connectivity index (χ1) is 17.5. The molecule has 7 heteroatoms. The number of likely N-dealkylation sites (N-methyl/N-ethyl adjacent to an activating group) is 1. The molecule has 0 bridgehead atoms. The standard InChI is InChI=1S/C29H31N3O4/c1-19(36-31-18-23-7-5-6-8-27(23)28(32-35-4)29(33)30-2)20-9-11-21(12-10-20)25-15-13-22-17-24(34-3)14-16-26(22)25/h5-12,14,16-19,25H,13,15H2,1-4H3,(H,30,33). The van der Waals surface area contributed by atoms with E-state index in [9.17, 15) is 4.79 Å². The number of hydrogen-bond donors (Lipinski definition) is 1. The smallest absolute Gasteiger partial charge is 0.273 e. The second-order valence-corrected chi connectivity index (χ2v) is 8.59. The third-order valence-electron chi connectivity index (χ3n) is 6.49. The molecule has 1 amide bonds. The number of rotatable bonds is 9. The fraction of sp³-hybridized carbons (Fsp3) is 0.276. The number of nitrogens with one attached hydrogen (secondary N) is 1. The highest BCUT2D eigenvalue weighted by atomic mass is 16.6. The van der Waals surface area contributed by atoms with Crippen molar-refractivity contribution in [3.8, 4) is 5.75 Å². The minimum Gasteiger partial charge on any atom is -0.497 e. The second-order valence-electron chi connectivity index (χ2n) is 8.59. The van der Waals surface area contributed by atoms with Crippen molar-refractivity contribution in [1.29, 1.82) is 0 Å². The zero-order valence-corrected chi connectivity index (χ0v) is 21.0. The minimum absolute atomic E-state index is 0.164. The third-order valence-corrected chi connectivity index (χ3v) is 6.49. The zero-order chi connectivity index (χ0) is 25.5. The van der Waals surface area contributed by atoms with Crippen LogP contribution in [0.5, 0.6) is 5.75 Å². The maximum absolute atomic E-state index is 12.2. The summed E-state index contributed by atoms with van der Waals surface area (Å²) in [5.41, 5.74) is 6.52. The Morgan fingerprint density at radius 3 is 2.58 bits per heavy atom. The van der Waals surface area contributed by atoms with Crippen LogP contribution in [-0.4, -0.2) is 39.1 Å². The van der Waals surface area contributed by atoms with Crippen LogP contribution in [0.4, 0.5) is 0 Å². The molecular weight excluding hydrogens is 454 g/mol. The van der Waals surface area contributed by atoms with E-state index in [1.807, 2.05) is 31.2 Å². The van der Waals surface area contributed by atoms with Crippen LogP contribution in [-0.2, 0) is 20.9 Å². The first-order valence-electron chi connectivity index (χ1n) is 11.9. The van der Waals surface area contributed by atoms with Crippen LogP contribution in [0, 0.1) is 0 Å². The summed E-state index contributed by atoms with van der Waals surface area (Å²) in [4.78, 5) is 22.8. The molecule has 186 valence electrons. The summed E-state index contributed by atoms with van der Waals surface area (Å²) in [5, 5.41) is 10.6. The zero-order valence-electron chi connectivity index (χ0n) is 21.0. The van der Waals surface area contributed by atoms with Crippen molar-refractivity contribution in [1.82, 2.24) is 5.32 Å². The third kappa shape index (κ3) is 5.40. The maximum Gasteiger partial charge on any atom is 0.273 e. The maximum atomic E-state index is 12.2. The van der Waals surface area contributed by atoms with Crippen molar-refractivity contribution in [2.45, 2.75) is 31.8 Å². The number of methoxy groups -OCH3 is 1. The van der Waals surface area contributed by atoms with Crippen molar-refractivity contribution >= 4 is 17.8 Å². The summed E-state index contributed by atoms with van der Waals surface area (Å²) in [6, 6.07) is 22.2. The molecule has 3 aromatic carbocycles. The molecule has 3 aromatic rings. The van der Waals surface area contributed by atoms with Crippen LogP contribution < -0.4 is 10.1 Å². The van der Waals surface area contributed by atoms with Crippen molar-refractivity contribution in [3.05, 3.63) is 100 Å². The summed E-state index contributed by atoms with van der Waals surface area (Å²) < 4.78 is 5.37. The summed E-state index contributed by atoms with van der Waals surface area (Å²) >= 11 is 0. The van der Waals surface area contributed by atoms with Crippen LogP contribution in [0.25, 0.3) is 0 Å². The summed E-state index contributed by atoms with van der Waals surface area (Å²) in [6.07, 6.45) is 3.50. The first-order valence-corrected chi connectivity index (χ1v) is 11.9. The molecule has 0 saturated heterocycles. The summed E-state index contributed by atoms with van der Waals surface area (Å²) in [6.45, 7) is 1.96. The Labute approximate surface area is 211 Å². The molecule has 2 unspecified atom stereocenters. The molecule has 2 atom stereocenters. The van der Waals surface area contributed by atoms with E-state index in [0.29, 0.717) is 17.0 Å². The number of hydrogen-bond acceptors (Lipinski definition) is 6. The summed E-state index contributed by atoms with van der Waals surface area (Å²) in [7, 11) is 4.65. The van der Waals surface area contributed by atoms with Gasteiger partial charge in [0, 0.05) is 24.1 Å². The van der Waals surface area contributed by atoms with Crippen LogP contribution >= 0.6 is 0 Å². The highest BCUT2D eigenvalue weighted by Gasteiger charge is 2.24. The van der Waals surface area contributed by atoms with Gasteiger partial charge in [-0.3, -0.25) is 4.79 Å². The summed E-state index contributed by atoms with van der Waals surface area (Å²) in [5.74, 6) is 0.958. The van der Waals surface area contributed by atoms with Crippen molar-refractivity contribution in [2.75, 3.05) is 21.3 Å². The lowest BCUT2D eigenvalue weighted by Crippen LogP contribution is -2.29. The van der Waals surface area contributed by atoms with E-state index in [1.165, 1.54) is 23.8 Å². The Balaban J connectivity index is 1.44. The molecule has 7 nitrogen and oxygen atoms in total. The number of carbonyl (C=O) groups excluding carboxylic acids is 1. The topological polar surface area (TPSA) is 81.5 Å². The normalized spacial score (nSPS) is 15.9. The lowest BCUT2D eigenvalue weighted by Gasteiger charge is -2.15. The highest BCUT2D eigenvalue weighted by molar-refractivity contribution is 6.46. The Bertz CT molecular complexity index is 1270. The van der Waals surface area contributed by atoms with Gasteiger partial charge in [0.25, 0.3) is 5.91 Å². The molecule has 1 aliphatic carbocycles. The first kappa shape index (κ1) is 25.0. The molecule has 0 fully saturated rings.